The summed E-state index contributed by atoms with van der Waals surface area (Å²) in [6.45, 7) is 5.87. The highest BCUT2D eigenvalue weighted by Crippen LogP contribution is 2.51. The van der Waals surface area contributed by atoms with E-state index >= 15 is 0 Å². The smallest absolute Gasteiger partial charge is 0.223 e. The summed E-state index contributed by atoms with van der Waals surface area (Å²) in [6.07, 6.45) is 4.31. The molecule has 0 unspecified atom stereocenters. The zero-order chi connectivity index (χ0) is 12.3. The first kappa shape index (κ1) is 12.8. The van der Waals surface area contributed by atoms with Gasteiger partial charge in [-0.15, -0.1) is 0 Å². The van der Waals surface area contributed by atoms with E-state index in [4.69, 9.17) is 10.5 Å². The van der Waals surface area contributed by atoms with Crippen molar-refractivity contribution in [1.82, 2.24) is 4.90 Å². The van der Waals surface area contributed by atoms with E-state index in [2.05, 4.69) is 0 Å². The number of hydrogen-bond acceptors (Lipinski definition) is 3. The van der Waals surface area contributed by atoms with Crippen LogP contribution in [0, 0.1) is 11.3 Å². The summed E-state index contributed by atoms with van der Waals surface area (Å²) in [7, 11) is 0. The monoisotopic (exact) mass is 240 g/mol. The predicted molar refractivity (Wildman–Crippen MR) is 66.5 cm³/mol. The number of amides is 1. The van der Waals surface area contributed by atoms with E-state index in [9.17, 15) is 4.79 Å². The Balaban J connectivity index is 1.94. The zero-order valence-electron chi connectivity index (χ0n) is 10.8. The van der Waals surface area contributed by atoms with Crippen LogP contribution in [-0.4, -0.2) is 43.7 Å². The van der Waals surface area contributed by atoms with Crippen molar-refractivity contribution >= 4 is 5.91 Å². The number of nitrogens with zero attached hydrogens (tertiary/aromatic N) is 1. The topological polar surface area (TPSA) is 55.6 Å². The molecule has 2 rings (SSSR count). The maximum absolute atomic E-state index is 11.9. The summed E-state index contributed by atoms with van der Waals surface area (Å²) in [5, 5.41) is 0. The lowest BCUT2D eigenvalue weighted by Crippen LogP contribution is -2.40. The first-order valence-corrected chi connectivity index (χ1v) is 6.77. The van der Waals surface area contributed by atoms with E-state index < -0.39 is 0 Å². The number of rotatable bonds is 5. The van der Waals surface area contributed by atoms with Crippen LogP contribution in [-0.2, 0) is 9.53 Å². The molecule has 1 aliphatic heterocycles. The molecule has 1 heterocycles. The molecule has 2 fully saturated rings. The maximum atomic E-state index is 11.9. The maximum Gasteiger partial charge on any atom is 0.223 e. The molecule has 0 bridgehead atoms. The molecule has 0 aromatic carbocycles. The van der Waals surface area contributed by atoms with Gasteiger partial charge in [-0.3, -0.25) is 4.79 Å². The van der Waals surface area contributed by atoms with Crippen molar-refractivity contribution in [1.29, 1.82) is 0 Å². The molecule has 4 heteroatoms. The predicted octanol–water partition coefficient (Wildman–Crippen LogP) is 1.00. The Labute approximate surface area is 103 Å². The Hall–Kier alpha value is -0.610. The molecule has 98 valence electrons. The molecule has 0 aromatic heterocycles. The number of carbonyl (C=O) groups is 1. The van der Waals surface area contributed by atoms with Gasteiger partial charge in [0.2, 0.25) is 5.91 Å². The van der Waals surface area contributed by atoms with Crippen molar-refractivity contribution in [3.05, 3.63) is 0 Å². The second kappa shape index (κ2) is 5.36. The number of nitrogens with two attached hydrogens (primary N) is 1. The number of ether oxygens (including phenoxy) is 1. The van der Waals surface area contributed by atoms with Gasteiger partial charge in [0, 0.05) is 38.6 Å². The van der Waals surface area contributed by atoms with Crippen LogP contribution in [0.1, 0.15) is 32.6 Å². The van der Waals surface area contributed by atoms with Gasteiger partial charge in [-0.2, -0.15) is 0 Å². The van der Waals surface area contributed by atoms with Crippen LogP contribution in [0.25, 0.3) is 0 Å². The number of carbonyl (C=O) groups excluding carboxylic acids is 1. The molecule has 0 aromatic rings. The molecule has 17 heavy (non-hydrogen) atoms. The summed E-state index contributed by atoms with van der Waals surface area (Å²) in [5.74, 6) is 0.760. The van der Waals surface area contributed by atoms with E-state index in [1.165, 1.54) is 19.3 Å². The lowest BCUT2D eigenvalue weighted by atomic mass is 9.63. The van der Waals surface area contributed by atoms with Gasteiger partial charge in [0.05, 0.1) is 6.61 Å². The Morgan fingerprint density at radius 2 is 2.29 bits per heavy atom. The molecule has 2 N–H and O–H groups in total. The van der Waals surface area contributed by atoms with E-state index in [0.717, 1.165) is 26.3 Å². The van der Waals surface area contributed by atoms with Gasteiger partial charge in [0.1, 0.15) is 0 Å². The van der Waals surface area contributed by atoms with Crippen LogP contribution < -0.4 is 5.73 Å². The minimum atomic E-state index is 0.220. The highest BCUT2D eigenvalue weighted by Gasteiger charge is 2.51. The van der Waals surface area contributed by atoms with Crippen LogP contribution in [0.3, 0.4) is 0 Å². The second-order valence-electron chi connectivity index (χ2n) is 5.39. The third-order valence-corrected chi connectivity index (χ3v) is 4.40. The summed E-state index contributed by atoms with van der Waals surface area (Å²) in [4.78, 5) is 13.9. The third-order valence-electron chi connectivity index (χ3n) is 4.40. The van der Waals surface area contributed by atoms with Crippen LogP contribution in [0.2, 0.25) is 0 Å². The van der Waals surface area contributed by atoms with E-state index in [0.29, 0.717) is 24.3 Å². The van der Waals surface area contributed by atoms with E-state index in [1.54, 1.807) is 0 Å². The minimum absolute atomic E-state index is 0.220. The molecular formula is C13H24N2O2. The minimum Gasteiger partial charge on any atom is -0.381 e. The van der Waals surface area contributed by atoms with E-state index in [-0.39, 0.29) is 5.91 Å². The molecule has 1 saturated heterocycles. The number of likely N-dealkylation sites (tertiary alicyclic amines) is 1. The Kier molecular flexibility index (Phi) is 4.05. The van der Waals surface area contributed by atoms with Crippen LogP contribution in [0.5, 0.6) is 0 Å². The van der Waals surface area contributed by atoms with Crippen molar-refractivity contribution in [2.45, 2.75) is 32.6 Å². The lowest BCUT2D eigenvalue weighted by Gasteiger charge is -2.42. The molecule has 1 atom stereocenters. The molecular weight excluding hydrogens is 216 g/mol. The summed E-state index contributed by atoms with van der Waals surface area (Å²) in [5.41, 5.74) is 5.83. The molecule has 2 aliphatic rings. The molecule has 1 saturated carbocycles. The first-order chi connectivity index (χ1) is 8.22. The Morgan fingerprint density at radius 1 is 1.53 bits per heavy atom. The number of hydrogen-bond donors (Lipinski definition) is 1. The largest absolute Gasteiger partial charge is 0.381 e. The van der Waals surface area contributed by atoms with Gasteiger partial charge in [-0.05, 0) is 25.2 Å². The summed E-state index contributed by atoms with van der Waals surface area (Å²) < 4.78 is 5.57. The zero-order valence-corrected chi connectivity index (χ0v) is 10.8. The van der Waals surface area contributed by atoms with Crippen molar-refractivity contribution < 1.29 is 9.53 Å². The van der Waals surface area contributed by atoms with Gasteiger partial charge < -0.3 is 15.4 Å². The first-order valence-electron chi connectivity index (χ1n) is 6.77. The Bertz CT molecular complexity index is 277. The van der Waals surface area contributed by atoms with Crippen LogP contribution in [0.4, 0.5) is 0 Å². The second-order valence-corrected chi connectivity index (χ2v) is 5.39. The average molecular weight is 240 g/mol. The van der Waals surface area contributed by atoms with Gasteiger partial charge in [-0.25, -0.2) is 0 Å². The normalized spacial score (nSPS) is 26.2. The summed E-state index contributed by atoms with van der Waals surface area (Å²) in [6, 6.07) is 0. The quantitative estimate of drug-likeness (QED) is 0.780. The molecule has 1 amide bonds. The molecule has 1 aliphatic carbocycles. The lowest BCUT2D eigenvalue weighted by molar-refractivity contribution is -0.130. The van der Waals surface area contributed by atoms with Gasteiger partial charge >= 0.3 is 0 Å². The fourth-order valence-corrected chi connectivity index (χ4v) is 3.19. The molecule has 0 radical (unpaired) electrons. The van der Waals surface area contributed by atoms with Crippen molar-refractivity contribution in [2.75, 3.05) is 32.8 Å². The fraction of sp³-hybridized carbons (Fsp3) is 0.923. The molecule has 1 spiro atoms. The third kappa shape index (κ3) is 2.47. The van der Waals surface area contributed by atoms with E-state index in [1.807, 2.05) is 11.8 Å². The van der Waals surface area contributed by atoms with Crippen LogP contribution in [0.15, 0.2) is 0 Å². The Morgan fingerprint density at radius 3 is 2.82 bits per heavy atom. The van der Waals surface area contributed by atoms with Crippen LogP contribution >= 0.6 is 0 Å². The van der Waals surface area contributed by atoms with Crippen molar-refractivity contribution in [3.63, 3.8) is 0 Å². The molecule has 4 nitrogen and oxygen atoms in total. The summed E-state index contributed by atoms with van der Waals surface area (Å²) >= 11 is 0. The van der Waals surface area contributed by atoms with Gasteiger partial charge in [0.15, 0.2) is 0 Å². The highest BCUT2D eigenvalue weighted by atomic mass is 16.5. The van der Waals surface area contributed by atoms with Gasteiger partial charge in [0.25, 0.3) is 0 Å². The SMILES string of the molecule is CCOC[C@@H]1CN(C(=O)CCN)CC12CCC2. The van der Waals surface area contributed by atoms with Crippen molar-refractivity contribution in [3.8, 4) is 0 Å². The highest BCUT2D eigenvalue weighted by molar-refractivity contribution is 5.76. The van der Waals surface area contributed by atoms with Crippen molar-refractivity contribution in [2.24, 2.45) is 17.1 Å². The fourth-order valence-electron chi connectivity index (χ4n) is 3.19. The average Bonchev–Trinajstić information content (AvgIpc) is 2.66. The standard InChI is InChI=1S/C13H24N2O2/c1-2-17-9-11-8-15(12(16)4-7-14)10-13(11)5-3-6-13/h11H,2-10,14H2,1H3/t11-/m0/s1. The van der Waals surface area contributed by atoms with Gasteiger partial charge in [-0.1, -0.05) is 6.42 Å².